The summed E-state index contributed by atoms with van der Waals surface area (Å²) in [6.45, 7) is 1.91. The molecule has 2 rings (SSSR count). The van der Waals surface area contributed by atoms with Crippen molar-refractivity contribution >= 4 is 22.5 Å². The number of nitriles is 1. The molecular weight excluding hydrogens is 196 g/mol. The molecule has 0 amide bonds. The van der Waals surface area contributed by atoms with Crippen LogP contribution in [-0.2, 0) is 0 Å². The van der Waals surface area contributed by atoms with Crippen molar-refractivity contribution in [2.45, 2.75) is 6.92 Å². The number of aryl methyl sites for hydroxylation is 1. The van der Waals surface area contributed by atoms with Crippen LogP contribution in [0.4, 0.5) is 0 Å². The van der Waals surface area contributed by atoms with Crippen molar-refractivity contribution in [3.63, 3.8) is 0 Å². The van der Waals surface area contributed by atoms with Gasteiger partial charge in [-0.2, -0.15) is 5.26 Å². The lowest BCUT2D eigenvalue weighted by atomic mass is 10.1. The van der Waals surface area contributed by atoms with Crippen LogP contribution in [0.2, 0.25) is 5.02 Å². The van der Waals surface area contributed by atoms with Crippen LogP contribution in [0.3, 0.4) is 0 Å². The minimum absolute atomic E-state index is 0.611. The Kier molecular flexibility index (Phi) is 2.11. The van der Waals surface area contributed by atoms with E-state index in [2.05, 4.69) is 11.1 Å². The van der Waals surface area contributed by atoms with E-state index in [4.69, 9.17) is 16.9 Å². The zero-order valence-electron chi connectivity index (χ0n) is 7.58. The summed E-state index contributed by atoms with van der Waals surface area (Å²) in [6, 6.07) is 7.60. The number of benzene rings is 1. The smallest absolute Gasteiger partial charge is 0.101 e. The molecule has 0 bridgehead atoms. The number of rotatable bonds is 0. The SMILES string of the molecule is Cc1c(C#N)cnc2cc(Cl)ccc12. The molecule has 0 fully saturated rings. The van der Waals surface area contributed by atoms with E-state index in [0.717, 1.165) is 16.5 Å². The van der Waals surface area contributed by atoms with E-state index in [0.29, 0.717) is 10.6 Å². The van der Waals surface area contributed by atoms with Gasteiger partial charge in [-0.25, -0.2) is 0 Å². The summed E-state index contributed by atoms with van der Waals surface area (Å²) in [7, 11) is 0. The normalized spacial score (nSPS) is 10.1. The number of fused-ring (bicyclic) bond motifs is 1. The Hall–Kier alpha value is -1.59. The van der Waals surface area contributed by atoms with Crippen molar-refractivity contribution in [2.75, 3.05) is 0 Å². The first kappa shape index (κ1) is 8.98. The van der Waals surface area contributed by atoms with Crippen LogP contribution in [0.5, 0.6) is 0 Å². The predicted molar refractivity (Wildman–Crippen MR) is 56.2 cm³/mol. The fraction of sp³-hybridized carbons (Fsp3) is 0.0909. The Morgan fingerprint density at radius 3 is 2.93 bits per heavy atom. The summed E-state index contributed by atoms with van der Waals surface area (Å²) in [5.74, 6) is 0. The molecule has 0 aliphatic heterocycles. The molecule has 0 saturated heterocycles. The molecule has 0 radical (unpaired) electrons. The van der Waals surface area contributed by atoms with Gasteiger partial charge in [-0.1, -0.05) is 17.7 Å². The van der Waals surface area contributed by atoms with Crippen molar-refractivity contribution in [3.8, 4) is 6.07 Å². The fourth-order valence-corrected chi connectivity index (χ4v) is 1.58. The molecule has 14 heavy (non-hydrogen) atoms. The average molecular weight is 203 g/mol. The molecule has 0 aliphatic carbocycles. The third-order valence-electron chi connectivity index (χ3n) is 2.22. The molecule has 0 N–H and O–H groups in total. The standard InChI is InChI=1S/C11H7ClN2/c1-7-8(5-13)6-14-11-4-9(12)2-3-10(7)11/h2-4,6H,1H3. The van der Waals surface area contributed by atoms with E-state index in [1.54, 1.807) is 18.3 Å². The number of hydrogen-bond donors (Lipinski definition) is 0. The molecule has 0 unspecified atom stereocenters. The Labute approximate surface area is 86.8 Å². The summed E-state index contributed by atoms with van der Waals surface area (Å²) in [6.07, 6.45) is 1.58. The van der Waals surface area contributed by atoms with Crippen molar-refractivity contribution in [3.05, 3.63) is 40.5 Å². The number of nitrogens with zero attached hydrogens (tertiary/aromatic N) is 2. The molecule has 1 heterocycles. The molecule has 0 saturated carbocycles. The maximum absolute atomic E-state index is 8.82. The molecule has 3 heteroatoms. The quantitative estimate of drug-likeness (QED) is 0.658. The van der Waals surface area contributed by atoms with Gasteiger partial charge in [0.1, 0.15) is 6.07 Å². The van der Waals surface area contributed by atoms with Crippen LogP contribution in [0.25, 0.3) is 10.9 Å². The van der Waals surface area contributed by atoms with Gasteiger partial charge in [0, 0.05) is 16.6 Å². The highest BCUT2D eigenvalue weighted by atomic mass is 35.5. The molecule has 1 aromatic heterocycles. The third kappa shape index (κ3) is 1.32. The highest BCUT2D eigenvalue weighted by Gasteiger charge is 2.03. The van der Waals surface area contributed by atoms with Gasteiger partial charge in [-0.05, 0) is 24.6 Å². The van der Waals surface area contributed by atoms with Gasteiger partial charge in [0.2, 0.25) is 0 Å². The van der Waals surface area contributed by atoms with Gasteiger partial charge >= 0.3 is 0 Å². The van der Waals surface area contributed by atoms with E-state index in [1.807, 2.05) is 13.0 Å². The maximum Gasteiger partial charge on any atom is 0.101 e. The first-order valence-corrected chi connectivity index (χ1v) is 4.55. The van der Waals surface area contributed by atoms with E-state index in [-0.39, 0.29) is 0 Å². The minimum atomic E-state index is 0.611. The zero-order valence-corrected chi connectivity index (χ0v) is 8.34. The predicted octanol–water partition coefficient (Wildman–Crippen LogP) is 3.07. The lowest BCUT2D eigenvalue weighted by molar-refractivity contribution is 1.32. The molecular formula is C11H7ClN2. The van der Waals surface area contributed by atoms with Crippen molar-refractivity contribution in [2.24, 2.45) is 0 Å². The second-order valence-corrected chi connectivity index (χ2v) is 3.51. The number of halogens is 1. The number of hydrogen-bond acceptors (Lipinski definition) is 2. The van der Waals surface area contributed by atoms with Gasteiger partial charge in [0.05, 0.1) is 11.1 Å². The van der Waals surface area contributed by atoms with Crippen LogP contribution in [0.1, 0.15) is 11.1 Å². The summed E-state index contributed by atoms with van der Waals surface area (Å²) < 4.78 is 0. The van der Waals surface area contributed by atoms with E-state index < -0.39 is 0 Å². The molecule has 2 nitrogen and oxygen atoms in total. The van der Waals surface area contributed by atoms with Gasteiger partial charge in [-0.15, -0.1) is 0 Å². The lowest BCUT2D eigenvalue weighted by Gasteiger charge is -2.02. The highest BCUT2D eigenvalue weighted by Crippen LogP contribution is 2.22. The average Bonchev–Trinajstić information content (AvgIpc) is 2.18. The summed E-state index contributed by atoms with van der Waals surface area (Å²) in [4.78, 5) is 4.17. The van der Waals surface area contributed by atoms with Crippen molar-refractivity contribution in [1.82, 2.24) is 4.98 Å². The van der Waals surface area contributed by atoms with Crippen LogP contribution < -0.4 is 0 Å². The highest BCUT2D eigenvalue weighted by molar-refractivity contribution is 6.31. The van der Waals surface area contributed by atoms with Crippen LogP contribution in [0, 0.1) is 18.3 Å². The topological polar surface area (TPSA) is 36.7 Å². The van der Waals surface area contributed by atoms with E-state index in [1.165, 1.54) is 0 Å². The number of aromatic nitrogens is 1. The van der Waals surface area contributed by atoms with Crippen LogP contribution in [0.15, 0.2) is 24.4 Å². The summed E-state index contributed by atoms with van der Waals surface area (Å²) >= 11 is 5.84. The van der Waals surface area contributed by atoms with Gasteiger partial charge < -0.3 is 0 Å². The molecule has 1 aromatic carbocycles. The second kappa shape index (κ2) is 3.28. The third-order valence-corrected chi connectivity index (χ3v) is 2.46. The number of pyridine rings is 1. The summed E-state index contributed by atoms with van der Waals surface area (Å²) in [5, 5.41) is 10.5. The lowest BCUT2D eigenvalue weighted by Crippen LogP contribution is -1.88. The van der Waals surface area contributed by atoms with E-state index >= 15 is 0 Å². The summed E-state index contributed by atoms with van der Waals surface area (Å²) in [5.41, 5.74) is 2.39. The van der Waals surface area contributed by atoms with Crippen molar-refractivity contribution < 1.29 is 0 Å². The maximum atomic E-state index is 8.82. The minimum Gasteiger partial charge on any atom is -0.255 e. The van der Waals surface area contributed by atoms with Gasteiger partial charge in [-0.3, -0.25) is 4.98 Å². The van der Waals surface area contributed by atoms with Crippen LogP contribution in [-0.4, -0.2) is 4.98 Å². The Morgan fingerprint density at radius 2 is 2.21 bits per heavy atom. The fourth-order valence-electron chi connectivity index (χ4n) is 1.42. The Balaban J connectivity index is 2.85. The van der Waals surface area contributed by atoms with E-state index in [9.17, 15) is 0 Å². The molecule has 0 spiro atoms. The monoisotopic (exact) mass is 202 g/mol. The van der Waals surface area contributed by atoms with Gasteiger partial charge in [0.25, 0.3) is 0 Å². The zero-order chi connectivity index (χ0) is 10.1. The molecule has 0 aliphatic rings. The second-order valence-electron chi connectivity index (χ2n) is 3.07. The molecule has 2 aromatic rings. The van der Waals surface area contributed by atoms with Crippen LogP contribution >= 0.6 is 11.6 Å². The van der Waals surface area contributed by atoms with Gasteiger partial charge in [0.15, 0.2) is 0 Å². The molecule has 68 valence electrons. The molecule has 0 atom stereocenters. The van der Waals surface area contributed by atoms with Crippen molar-refractivity contribution in [1.29, 1.82) is 5.26 Å². The first-order chi connectivity index (χ1) is 6.72. The largest absolute Gasteiger partial charge is 0.255 e. The first-order valence-electron chi connectivity index (χ1n) is 4.17. The Bertz CT molecular complexity index is 541. The Morgan fingerprint density at radius 1 is 1.43 bits per heavy atom.